The highest BCUT2D eigenvalue weighted by Gasteiger charge is 2.19. The van der Waals surface area contributed by atoms with E-state index in [0.29, 0.717) is 16.9 Å². The van der Waals surface area contributed by atoms with Gasteiger partial charge in [-0.3, -0.25) is 9.11 Å². The van der Waals surface area contributed by atoms with E-state index in [2.05, 4.69) is 51.2 Å². The van der Waals surface area contributed by atoms with Gasteiger partial charge in [-0.2, -0.15) is 46.7 Å². The quantitative estimate of drug-likeness (QED) is 0.0341. The molecule has 4 aromatic carbocycles. The van der Waals surface area contributed by atoms with Crippen LogP contribution in [0.1, 0.15) is 22.3 Å². The summed E-state index contributed by atoms with van der Waals surface area (Å²) >= 11 is 0. The van der Waals surface area contributed by atoms with Gasteiger partial charge in [-0.1, -0.05) is 42.0 Å². The van der Waals surface area contributed by atoms with Crippen LogP contribution in [0.2, 0.25) is 0 Å². The zero-order valence-corrected chi connectivity index (χ0v) is 37.2. The van der Waals surface area contributed by atoms with Crippen molar-refractivity contribution in [3.05, 3.63) is 107 Å². The fourth-order valence-electron chi connectivity index (χ4n) is 6.30. The molecule has 0 bridgehead atoms. The van der Waals surface area contributed by atoms with Crippen molar-refractivity contribution in [2.75, 3.05) is 83.7 Å². The fraction of sp³-hybridized carbons (Fsp3) is 0.238. The van der Waals surface area contributed by atoms with Crippen molar-refractivity contribution >= 4 is 90.8 Å². The summed E-state index contributed by atoms with van der Waals surface area (Å²) in [5.74, 6) is 0.488. The molecular formula is C42H48N12O10S2. The third-order valence-corrected chi connectivity index (χ3v) is 11.3. The fourth-order valence-corrected chi connectivity index (χ4v) is 7.49. The minimum atomic E-state index is -4.79. The topological polar surface area (TPSA) is 322 Å². The lowest BCUT2D eigenvalue weighted by molar-refractivity contribution is 0.279. The number of nitrogens with one attached hydrogen (secondary N) is 4. The monoisotopic (exact) mass is 944 g/mol. The van der Waals surface area contributed by atoms with Crippen molar-refractivity contribution in [2.24, 2.45) is 0 Å². The number of anilines is 10. The first-order chi connectivity index (χ1) is 31.5. The second kappa shape index (κ2) is 21.9. The molecule has 0 aliphatic heterocycles. The van der Waals surface area contributed by atoms with Gasteiger partial charge in [0.05, 0.1) is 31.3 Å². The van der Waals surface area contributed by atoms with Crippen molar-refractivity contribution in [2.45, 2.75) is 23.6 Å². The summed E-state index contributed by atoms with van der Waals surface area (Å²) in [7, 11) is -9.24. The normalized spacial score (nSPS) is 11.7. The van der Waals surface area contributed by atoms with E-state index in [1.807, 2.05) is 44.2 Å². The van der Waals surface area contributed by atoms with Gasteiger partial charge >= 0.3 is 0 Å². The third kappa shape index (κ3) is 13.3. The lowest BCUT2D eigenvalue weighted by Gasteiger charge is -2.21. The molecule has 2 heterocycles. The van der Waals surface area contributed by atoms with E-state index in [4.69, 9.17) is 0 Å². The number of hydrogen-bond donors (Lipinski definition) is 10. The summed E-state index contributed by atoms with van der Waals surface area (Å²) in [5.41, 5.74) is 4.53. The second-order valence-electron chi connectivity index (χ2n) is 14.4. The average molecular weight is 945 g/mol. The van der Waals surface area contributed by atoms with Gasteiger partial charge in [-0.25, -0.2) is 0 Å². The zero-order valence-electron chi connectivity index (χ0n) is 35.6. The van der Waals surface area contributed by atoms with E-state index in [1.165, 1.54) is 41.3 Å². The molecule has 348 valence electrons. The highest BCUT2D eigenvalue weighted by Crippen LogP contribution is 2.28. The Morgan fingerprint density at radius 3 is 1.27 bits per heavy atom. The van der Waals surface area contributed by atoms with Gasteiger partial charge in [0.1, 0.15) is 4.90 Å². The molecule has 10 N–H and O–H groups in total. The molecule has 66 heavy (non-hydrogen) atoms. The lowest BCUT2D eigenvalue weighted by Crippen LogP contribution is -2.31. The summed E-state index contributed by atoms with van der Waals surface area (Å²) in [6.07, 6.45) is 3.21. The highest BCUT2D eigenvalue weighted by atomic mass is 32.2. The molecule has 24 heteroatoms. The van der Waals surface area contributed by atoms with Gasteiger partial charge < -0.3 is 51.5 Å². The maximum atomic E-state index is 12.7. The molecule has 0 atom stereocenters. The Hall–Kier alpha value is -6.90. The predicted octanol–water partition coefficient (Wildman–Crippen LogP) is 3.89. The number of aliphatic hydroxyl groups excluding tert-OH is 4. The van der Waals surface area contributed by atoms with Crippen LogP contribution in [-0.2, 0) is 20.2 Å². The Balaban J connectivity index is 1.25. The van der Waals surface area contributed by atoms with Gasteiger partial charge in [0, 0.05) is 48.9 Å². The standard InChI is InChI=1S/C42H48N12O10S2/c1-27-3-9-31(10-4-27)43-37-47-39(51-41(49-37)53(17-21-55)18-22-56)45-33-11-7-29(28(2)25-33)5-6-30-8-12-34(26-36(30)66(62,63)64)46-40-48-38(50-42(52-40)54(19-23-57)20-24-58)44-32-13-15-35(16-14-32)65(59,60)61/h3-16,25-26,55-58H,17-24H2,1-2H3,(H,59,60,61)(H,62,63,64)(H2,43,45,47,49,51)(H2,44,46,48,50,52)/b6-5+. The molecule has 0 radical (unpaired) electrons. The summed E-state index contributed by atoms with van der Waals surface area (Å²) in [5, 5.41) is 50.8. The molecule has 0 spiro atoms. The molecule has 0 amide bonds. The average Bonchev–Trinajstić information content (AvgIpc) is 3.26. The van der Waals surface area contributed by atoms with Crippen molar-refractivity contribution in [1.82, 2.24) is 29.9 Å². The number of hydrogen-bond acceptors (Lipinski definition) is 20. The lowest BCUT2D eigenvalue weighted by atomic mass is 10.1. The van der Waals surface area contributed by atoms with E-state index in [9.17, 15) is 46.4 Å². The van der Waals surface area contributed by atoms with E-state index < -0.39 is 25.1 Å². The zero-order chi connectivity index (χ0) is 47.4. The first-order valence-electron chi connectivity index (χ1n) is 20.1. The number of rotatable bonds is 22. The van der Waals surface area contributed by atoms with E-state index >= 15 is 0 Å². The highest BCUT2D eigenvalue weighted by molar-refractivity contribution is 7.86. The maximum Gasteiger partial charge on any atom is 0.295 e. The van der Waals surface area contributed by atoms with E-state index in [-0.39, 0.29) is 104 Å². The van der Waals surface area contributed by atoms with Crippen LogP contribution in [0.5, 0.6) is 0 Å². The Morgan fingerprint density at radius 2 is 0.864 bits per heavy atom. The van der Waals surface area contributed by atoms with E-state index in [1.54, 1.807) is 23.1 Å². The number of aliphatic hydroxyl groups is 4. The largest absolute Gasteiger partial charge is 0.395 e. The SMILES string of the molecule is Cc1ccc(Nc2nc(Nc3ccc(/C=C/c4ccc(Nc5nc(Nc6ccc(S(=O)(=O)O)cc6)nc(N(CCO)CCO)n5)cc4S(=O)(=O)O)c(C)c3)nc(N(CCO)CCO)n2)cc1. The van der Waals surface area contributed by atoms with Crippen LogP contribution in [0.25, 0.3) is 12.2 Å². The van der Waals surface area contributed by atoms with Gasteiger partial charge in [-0.15, -0.1) is 0 Å². The van der Waals surface area contributed by atoms with Gasteiger partial charge in [-0.05, 0) is 91.2 Å². The predicted molar refractivity (Wildman–Crippen MR) is 249 cm³/mol. The summed E-state index contributed by atoms with van der Waals surface area (Å²) in [6, 6.07) is 22.3. The van der Waals surface area contributed by atoms with Crippen LogP contribution in [0.4, 0.5) is 58.4 Å². The van der Waals surface area contributed by atoms with Gasteiger partial charge in [0.25, 0.3) is 20.2 Å². The molecule has 0 saturated heterocycles. The van der Waals surface area contributed by atoms with Gasteiger partial charge in [0.15, 0.2) is 0 Å². The van der Waals surface area contributed by atoms with Crippen LogP contribution < -0.4 is 31.1 Å². The molecule has 0 aliphatic rings. The maximum absolute atomic E-state index is 12.7. The Bertz CT molecular complexity index is 2860. The first-order valence-corrected chi connectivity index (χ1v) is 23.0. The molecular weight excluding hydrogens is 897 g/mol. The molecule has 0 fully saturated rings. The van der Waals surface area contributed by atoms with Gasteiger partial charge in [0.2, 0.25) is 35.7 Å². The van der Waals surface area contributed by atoms with Crippen LogP contribution in [0.15, 0.2) is 94.7 Å². The number of benzene rings is 4. The van der Waals surface area contributed by atoms with Crippen LogP contribution in [0.3, 0.4) is 0 Å². The smallest absolute Gasteiger partial charge is 0.295 e. The molecule has 0 unspecified atom stereocenters. The first kappa shape index (κ1) is 48.6. The minimum absolute atomic E-state index is 0.0134. The van der Waals surface area contributed by atoms with Crippen LogP contribution in [0, 0.1) is 13.8 Å². The number of nitrogens with zero attached hydrogens (tertiary/aromatic N) is 8. The van der Waals surface area contributed by atoms with E-state index in [0.717, 1.165) is 28.9 Å². The molecule has 0 saturated carbocycles. The summed E-state index contributed by atoms with van der Waals surface area (Å²) in [6.45, 7) is 3.21. The summed E-state index contributed by atoms with van der Waals surface area (Å²) < 4.78 is 68.2. The van der Waals surface area contributed by atoms with Crippen molar-refractivity contribution in [1.29, 1.82) is 0 Å². The summed E-state index contributed by atoms with van der Waals surface area (Å²) in [4.78, 5) is 29.0. The molecule has 2 aromatic heterocycles. The van der Waals surface area contributed by atoms with Crippen LogP contribution in [-0.4, -0.2) is 129 Å². The number of aromatic nitrogens is 6. The number of aryl methyl sites for hydroxylation is 2. The molecule has 22 nitrogen and oxygen atoms in total. The molecule has 6 aromatic rings. The minimum Gasteiger partial charge on any atom is -0.395 e. The third-order valence-electron chi connectivity index (χ3n) is 9.52. The Kier molecular flexibility index (Phi) is 16.1. The molecule has 6 rings (SSSR count). The Labute approximate surface area is 380 Å². The Morgan fingerprint density at radius 1 is 0.485 bits per heavy atom. The van der Waals surface area contributed by atoms with Crippen molar-refractivity contribution in [3.8, 4) is 0 Å². The van der Waals surface area contributed by atoms with Crippen molar-refractivity contribution < 1.29 is 46.4 Å². The second-order valence-corrected chi connectivity index (χ2v) is 17.2. The molecule has 0 aliphatic carbocycles. The van der Waals surface area contributed by atoms with Crippen LogP contribution >= 0.6 is 0 Å². The van der Waals surface area contributed by atoms with Crippen molar-refractivity contribution in [3.63, 3.8) is 0 Å².